The summed E-state index contributed by atoms with van der Waals surface area (Å²) in [7, 11) is 0. The Morgan fingerprint density at radius 1 is 1.20 bits per heavy atom. The Morgan fingerprint density at radius 2 is 1.93 bits per heavy atom. The third-order valence-electron chi connectivity index (χ3n) is 3.33. The normalized spacial score (nSPS) is 17.9. The number of nitrogens with two attached hydrogens (primary N) is 1. The molecule has 2 heteroatoms. The average Bonchev–Trinajstić information content (AvgIpc) is 2.26. The molecule has 0 aliphatic carbocycles. The molecule has 2 N–H and O–H groups in total. The van der Waals surface area contributed by atoms with Gasteiger partial charge in [0, 0.05) is 12.2 Å². The maximum Gasteiger partial charge on any atom is 0.0346 e. The van der Waals surface area contributed by atoms with Crippen molar-refractivity contribution in [1.82, 2.24) is 4.90 Å². The molecule has 1 aromatic carbocycles. The number of rotatable bonds is 2. The molecule has 1 saturated heterocycles. The highest BCUT2D eigenvalue weighted by atomic mass is 15.1. The molecule has 0 amide bonds. The second kappa shape index (κ2) is 4.67. The molecule has 82 valence electrons. The molecule has 1 aliphatic rings. The molecule has 1 aliphatic heterocycles. The van der Waals surface area contributed by atoms with Crippen molar-refractivity contribution in [2.24, 2.45) is 0 Å². The van der Waals surface area contributed by atoms with E-state index >= 15 is 0 Å². The van der Waals surface area contributed by atoms with Crippen LogP contribution in [0.4, 0.5) is 5.69 Å². The van der Waals surface area contributed by atoms with Gasteiger partial charge in [0.1, 0.15) is 0 Å². The van der Waals surface area contributed by atoms with Crippen molar-refractivity contribution < 1.29 is 0 Å². The molecule has 0 aromatic heterocycles. The SMILES string of the molecule is Cc1c(N)cccc1CN1CCCCC1. The zero-order valence-electron chi connectivity index (χ0n) is 9.50. The van der Waals surface area contributed by atoms with Crippen molar-refractivity contribution >= 4 is 5.69 Å². The van der Waals surface area contributed by atoms with E-state index in [1.807, 2.05) is 6.07 Å². The van der Waals surface area contributed by atoms with E-state index < -0.39 is 0 Å². The molecule has 0 spiro atoms. The van der Waals surface area contributed by atoms with Crippen LogP contribution in [-0.2, 0) is 6.54 Å². The van der Waals surface area contributed by atoms with Gasteiger partial charge in [0.25, 0.3) is 0 Å². The molecule has 0 bridgehead atoms. The Kier molecular flexibility index (Phi) is 3.27. The van der Waals surface area contributed by atoms with Crippen LogP contribution in [0.2, 0.25) is 0 Å². The third-order valence-corrected chi connectivity index (χ3v) is 3.33. The van der Waals surface area contributed by atoms with E-state index in [1.54, 1.807) is 0 Å². The summed E-state index contributed by atoms with van der Waals surface area (Å²) < 4.78 is 0. The van der Waals surface area contributed by atoms with Crippen LogP contribution in [-0.4, -0.2) is 18.0 Å². The minimum absolute atomic E-state index is 0.921. The standard InChI is InChI=1S/C13H20N2/c1-11-12(6-5-7-13(11)14)10-15-8-3-2-4-9-15/h5-7H,2-4,8-10,14H2,1H3. The Bertz CT molecular complexity index is 327. The molecule has 1 fully saturated rings. The summed E-state index contributed by atoms with van der Waals surface area (Å²) in [5, 5.41) is 0. The van der Waals surface area contributed by atoms with Gasteiger partial charge in [-0.3, -0.25) is 4.90 Å². The maximum atomic E-state index is 5.91. The largest absolute Gasteiger partial charge is 0.399 e. The predicted octanol–water partition coefficient (Wildman–Crippen LogP) is 2.56. The average molecular weight is 204 g/mol. The molecular weight excluding hydrogens is 184 g/mol. The smallest absolute Gasteiger partial charge is 0.0346 e. The Labute approximate surface area is 92.1 Å². The fourth-order valence-corrected chi connectivity index (χ4v) is 2.23. The summed E-state index contributed by atoms with van der Waals surface area (Å²) in [5.41, 5.74) is 9.47. The Balaban J connectivity index is 2.06. The Morgan fingerprint density at radius 3 is 2.67 bits per heavy atom. The van der Waals surface area contributed by atoms with Crippen molar-refractivity contribution in [2.45, 2.75) is 32.7 Å². The summed E-state index contributed by atoms with van der Waals surface area (Å²) in [6.45, 7) is 5.67. The fraction of sp³-hybridized carbons (Fsp3) is 0.538. The molecule has 0 unspecified atom stereocenters. The minimum atomic E-state index is 0.921. The zero-order valence-corrected chi connectivity index (χ0v) is 9.50. The number of piperidine rings is 1. The highest BCUT2D eigenvalue weighted by molar-refractivity contribution is 5.49. The van der Waals surface area contributed by atoms with Crippen LogP contribution < -0.4 is 5.73 Å². The predicted molar refractivity (Wildman–Crippen MR) is 64.7 cm³/mol. The third kappa shape index (κ3) is 2.51. The number of hydrogen-bond donors (Lipinski definition) is 1. The lowest BCUT2D eigenvalue weighted by atomic mass is 10.0. The van der Waals surface area contributed by atoms with Gasteiger partial charge in [-0.25, -0.2) is 0 Å². The van der Waals surface area contributed by atoms with Gasteiger partial charge in [-0.05, 0) is 50.0 Å². The number of anilines is 1. The van der Waals surface area contributed by atoms with Crippen molar-refractivity contribution in [1.29, 1.82) is 0 Å². The van der Waals surface area contributed by atoms with E-state index in [2.05, 4.69) is 24.0 Å². The molecule has 0 atom stereocenters. The minimum Gasteiger partial charge on any atom is -0.399 e. The van der Waals surface area contributed by atoms with E-state index in [9.17, 15) is 0 Å². The van der Waals surface area contributed by atoms with E-state index in [0.717, 1.165) is 12.2 Å². The summed E-state index contributed by atoms with van der Waals surface area (Å²) >= 11 is 0. The monoisotopic (exact) mass is 204 g/mol. The van der Waals surface area contributed by atoms with Crippen LogP contribution in [0.5, 0.6) is 0 Å². The number of nitrogens with zero attached hydrogens (tertiary/aromatic N) is 1. The Hall–Kier alpha value is -1.02. The van der Waals surface area contributed by atoms with Gasteiger partial charge >= 0.3 is 0 Å². The van der Waals surface area contributed by atoms with E-state index in [0.29, 0.717) is 0 Å². The van der Waals surface area contributed by atoms with Gasteiger partial charge in [-0.2, -0.15) is 0 Å². The van der Waals surface area contributed by atoms with Gasteiger partial charge in [-0.1, -0.05) is 18.6 Å². The molecule has 0 saturated carbocycles. The molecule has 15 heavy (non-hydrogen) atoms. The molecule has 1 heterocycles. The molecular formula is C13H20N2. The van der Waals surface area contributed by atoms with Crippen LogP contribution in [0.15, 0.2) is 18.2 Å². The first-order valence-corrected chi connectivity index (χ1v) is 5.83. The zero-order chi connectivity index (χ0) is 10.7. The maximum absolute atomic E-state index is 5.91. The first-order chi connectivity index (χ1) is 7.27. The van der Waals surface area contributed by atoms with Crippen molar-refractivity contribution in [3.63, 3.8) is 0 Å². The van der Waals surface area contributed by atoms with Crippen LogP contribution in [0.25, 0.3) is 0 Å². The van der Waals surface area contributed by atoms with Gasteiger partial charge in [0.15, 0.2) is 0 Å². The van der Waals surface area contributed by atoms with Gasteiger partial charge in [-0.15, -0.1) is 0 Å². The summed E-state index contributed by atoms with van der Waals surface area (Å²) in [6.07, 6.45) is 4.09. The first kappa shape index (κ1) is 10.5. The van der Waals surface area contributed by atoms with E-state index in [-0.39, 0.29) is 0 Å². The van der Waals surface area contributed by atoms with E-state index in [4.69, 9.17) is 5.73 Å². The first-order valence-electron chi connectivity index (χ1n) is 5.83. The van der Waals surface area contributed by atoms with Crippen LogP contribution >= 0.6 is 0 Å². The van der Waals surface area contributed by atoms with E-state index in [1.165, 1.54) is 43.5 Å². The van der Waals surface area contributed by atoms with Crippen LogP contribution in [0.1, 0.15) is 30.4 Å². The van der Waals surface area contributed by atoms with Gasteiger partial charge in [0.2, 0.25) is 0 Å². The van der Waals surface area contributed by atoms with Crippen molar-refractivity contribution in [2.75, 3.05) is 18.8 Å². The number of likely N-dealkylation sites (tertiary alicyclic amines) is 1. The molecule has 2 nitrogen and oxygen atoms in total. The highest BCUT2D eigenvalue weighted by Crippen LogP contribution is 2.19. The molecule has 2 rings (SSSR count). The lowest BCUT2D eigenvalue weighted by Gasteiger charge is -2.27. The molecule has 1 aromatic rings. The second-order valence-electron chi connectivity index (χ2n) is 4.47. The number of nitrogen functional groups attached to an aromatic ring is 1. The lowest BCUT2D eigenvalue weighted by molar-refractivity contribution is 0.220. The molecule has 0 radical (unpaired) electrons. The summed E-state index contributed by atoms with van der Waals surface area (Å²) in [6, 6.07) is 6.23. The van der Waals surface area contributed by atoms with Crippen molar-refractivity contribution in [3.05, 3.63) is 29.3 Å². The quantitative estimate of drug-likeness (QED) is 0.750. The number of benzene rings is 1. The van der Waals surface area contributed by atoms with Gasteiger partial charge in [0.05, 0.1) is 0 Å². The summed E-state index contributed by atoms with van der Waals surface area (Å²) in [4.78, 5) is 2.53. The van der Waals surface area contributed by atoms with Crippen LogP contribution in [0.3, 0.4) is 0 Å². The number of hydrogen-bond acceptors (Lipinski definition) is 2. The fourth-order valence-electron chi connectivity index (χ4n) is 2.23. The van der Waals surface area contributed by atoms with Gasteiger partial charge < -0.3 is 5.73 Å². The second-order valence-corrected chi connectivity index (χ2v) is 4.47. The topological polar surface area (TPSA) is 29.3 Å². The highest BCUT2D eigenvalue weighted by Gasteiger charge is 2.11. The van der Waals surface area contributed by atoms with Crippen molar-refractivity contribution in [3.8, 4) is 0 Å². The van der Waals surface area contributed by atoms with Crippen LogP contribution in [0, 0.1) is 6.92 Å². The summed E-state index contributed by atoms with van der Waals surface area (Å²) in [5.74, 6) is 0. The lowest BCUT2D eigenvalue weighted by Crippen LogP contribution is -2.29.